The van der Waals surface area contributed by atoms with Crippen molar-refractivity contribution in [2.45, 2.75) is 31.6 Å². The van der Waals surface area contributed by atoms with Gasteiger partial charge in [0.25, 0.3) is 0 Å². The standard InChI is InChI=1S/C15H22ClNO/c1-2-11-18-14-7-5-13(6-8-14)15(16)12-17-9-3-4-10-17/h5-8,15H,2-4,9-12H2,1H3. The number of hydrogen-bond acceptors (Lipinski definition) is 2. The molecule has 0 saturated carbocycles. The van der Waals surface area contributed by atoms with Crippen molar-refractivity contribution in [2.75, 3.05) is 26.2 Å². The molecule has 1 unspecified atom stereocenters. The summed E-state index contributed by atoms with van der Waals surface area (Å²) in [6.45, 7) is 6.23. The molecule has 0 aliphatic carbocycles. The van der Waals surface area contributed by atoms with Crippen LogP contribution in [0.25, 0.3) is 0 Å². The van der Waals surface area contributed by atoms with E-state index in [9.17, 15) is 0 Å². The highest BCUT2D eigenvalue weighted by atomic mass is 35.5. The molecule has 3 heteroatoms. The Balaban J connectivity index is 1.87. The first-order valence-corrected chi connectivity index (χ1v) is 7.32. The van der Waals surface area contributed by atoms with Crippen molar-refractivity contribution in [2.24, 2.45) is 0 Å². The third-order valence-electron chi connectivity index (χ3n) is 3.33. The van der Waals surface area contributed by atoms with E-state index in [1.54, 1.807) is 0 Å². The molecule has 1 aromatic carbocycles. The molecule has 0 bridgehead atoms. The summed E-state index contributed by atoms with van der Waals surface area (Å²) in [7, 11) is 0. The molecule has 1 atom stereocenters. The van der Waals surface area contributed by atoms with Crippen LogP contribution >= 0.6 is 11.6 Å². The van der Waals surface area contributed by atoms with E-state index in [0.717, 1.165) is 25.3 Å². The molecule has 2 nitrogen and oxygen atoms in total. The van der Waals surface area contributed by atoms with Crippen LogP contribution in [0.4, 0.5) is 0 Å². The van der Waals surface area contributed by atoms with E-state index in [1.165, 1.54) is 31.5 Å². The van der Waals surface area contributed by atoms with Crippen LogP contribution in [0.5, 0.6) is 5.75 Å². The number of nitrogens with zero attached hydrogens (tertiary/aromatic N) is 1. The molecular weight excluding hydrogens is 246 g/mol. The highest BCUT2D eigenvalue weighted by Gasteiger charge is 2.16. The molecular formula is C15H22ClNO. The van der Waals surface area contributed by atoms with Gasteiger partial charge in [-0.1, -0.05) is 19.1 Å². The van der Waals surface area contributed by atoms with Gasteiger partial charge in [-0.05, 0) is 50.0 Å². The summed E-state index contributed by atoms with van der Waals surface area (Å²) in [4.78, 5) is 2.44. The summed E-state index contributed by atoms with van der Waals surface area (Å²) in [6.07, 6.45) is 3.66. The fourth-order valence-corrected chi connectivity index (χ4v) is 2.63. The second-order valence-corrected chi connectivity index (χ2v) is 5.42. The molecule has 18 heavy (non-hydrogen) atoms. The van der Waals surface area contributed by atoms with Gasteiger partial charge in [0.15, 0.2) is 0 Å². The number of ether oxygens (including phenoxy) is 1. The highest BCUT2D eigenvalue weighted by molar-refractivity contribution is 6.21. The monoisotopic (exact) mass is 267 g/mol. The maximum absolute atomic E-state index is 6.46. The number of hydrogen-bond donors (Lipinski definition) is 0. The zero-order valence-corrected chi connectivity index (χ0v) is 11.8. The molecule has 1 saturated heterocycles. The van der Waals surface area contributed by atoms with Gasteiger partial charge in [0.2, 0.25) is 0 Å². The molecule has 1 fully saturated rings. The van der Waals surface area contributed by atoms with Crippen molar-refractivity contribution in [3.05, 3.63) is 29.8 Å². The summed E-state index contributed by atoms with van der Waals surface area (Å²) < 4.78 is 5.57. The van der Waals surface area contributed by atoms with E-state index >= 15 is 0 Å². The topological polar surface area (TPSA) is 12.5 Å². The average Bonchev–Trinajstić information content (AvgIpc) is 2.89. The Morgan fingerprint density at radius 1 is 1.22 bits per heavy atom. The van der Waals surface area contributed by atoms with Crippen LogP contribution in [0.15, 0.2) is 24.3 Å². The predicted octanol–water partition coefficient (Wildman–Crippen LogP) is 3.85. The summed E-state index contributed by atoms with van der Waals surface area (Å²) >= 11 is 6.46. The molecule has 0 aromatic heterocycles. The van der Waals surface area contributed by atoms with Crippen molar-refractivity contribution in [1.82, 2.24) is 4.90 Å². The molecule has 100 valence electrons. The van der Waals surface area contributed by atoms with Crippen molar-refractivity contribution >= 4 is 11.6 Å². The first-order chi connectivity index (χ1) is 8.79. The Morgan fingerprint density at radius 2 is 1.89 bits per heavy atom. The van der Waals surface area contributed by atoms with Crippen LogP contribution in [0, 0.1) is 0 Å². The van der Waals surface area contributed by atoms with Crippen LogP contribution in [-0.4, -0.2) is 31.1 Å². The fraction of sp³-hybridized carbons (Fsp3) is 0.600. The second-order valence-electron chi connectivity index (χ2n) is 4.89. The van der Waals surface area contributed by atoms with E-state index in [2.05, 4.69) is 24.0 Å². The SMILES string of the molecule is CCCOc1ccc(C(Cl)CN2CCCC2)cc1. The van der Waals surface area contributed by atoms with Crippen LogP contribution in [0.2, 0.25) is 0 Å². The number of halogens is 1. The molecule has 0 amide bonds. The smallest absolute Gasteiger partial charge is 0.119 e. The zero-order valence-electron chi connectivity index (χ0n) is 11.1. The Bertz CT molecular complexity index is 346. The van der Waals surface area contributed by atoms with Gasteiger partial charge in [-0.15, -0.1) is 11.6 Å². The van der Waals surface area contributed by atoms with Crippen LogP contribution in [0.3, 0.4) is 0 Å². The molecule has 1 heterocycles. The van der Waals surface area contributed by atoms with Gasteiger partial charge in [-0.2, -0.15) is 0 Å². The van der Waals surface area contributed by atoms with E-state index in [1.807, 2.05) is 12.1 Å². The molecule has 1 aliphatic rings. The van der Waals surface area contributed by atoms with Gasteiger partial charge in [0, 0.05) is 6.54 Å². The number of alkyl halides is 1. The first kappa shape index (κ1) is 13.7. The quantitative estimate of drug-likeness (QED) is 0.726. The van der Waals surface area contributed by atoms with E-state index < -0.39 is 0 Å². The molecule has 0 spiro atoms. The minimum Gasteiger partial charge on any atom is -0.494 e. The molecule has 1 aromatic rings. The Morgan fingerprint density at radius 3 is 2.50 bits per heavy atom. The summed E-state index contributed by atoms with van der Waals surface area (Å²) in [6, 6.07) is 8.20. The third-order valence-corrected chi connectivity index (χ3v) is 3.72. The second kappa shape index (κ2) is 7.01. The fourth-order valence-electron chi connectivity index (χ4n) is 2.29. The van der Waals surface area contributed by atoms with Crippen molar-refractivity contribution in [3.8, 4) is 5.75 Å². The van der Waals surface area contributed by atoms with E-state index in [0.29, 0.717) is 0 Å². The zero-order chi connectivity index (χ0) is 12.8. The lowest BCUT2D eigenvalue weighted by molar-refractivity contribution is 0.317. The average molecular weight is 268 g/mol. The summed E-state index contributed by atoms with van der Waals surface area (Å²) in [5.41, 5.74) is 1.19. The summed E-state index contributed by atoms with van der Waals surface area (Å²) in [5, 5.41) is 0.0864. The lowest BCUT2D eigenvalue weighted by Crippen LogP contribution is -2.23. The lowest BCUT2D eigenvalue weighted by Gasteiger charge is -2.19. The van der Waals surface area contributed by atoms with Crippen LogP contribution in [-0.2, 0) is 0 Å². The van der Waals surface area contributed by atoms with Crippen molar-refractivity contribution < 1.29 is 4.74 Å². The van der Waals surface area contributed by atoms with Gasteiger partial charge in [-0.25, -0.2) is 0 Å². The van der Waals surface area contributed by atoms with E-state index in [-0.39, 0.29) is 5.38 Å². The van der Waals surface area contributed by atoms with Crippen molar-refractivity contribution in [1.29, 1.82) is 0 Å². The largest absolute Gasteiger partial charge is 0.494 e. The minimum absolute atomic E-state index is 0.0864. The maximum atomic E-state index is 6.46. The normalized spacial score (nSPS) is 17.9. The minimum atomic E-state index is 0.0864. The molecule has 2 rings (SSSR count). The summed E-state index contributed by atoms with van der Waals surface area (Å²) in [5.74, 6) is 0.936. The van der Waals surface area contributed by atoms with Crippen molar-refractivity contribution in [3.63, 3.8) is 0 Å². The predicted molar refractivity (Wildman–Crippen MR) is 76.5 cm³/mol. The Labute approximate surface area is 115 Å². The first-order valence-electron chi connectivity index (χ1n) is 6.89. The van der Waals surface area contributed by atoms with Gasteiger partial charge in [0.05, 0.1) is 12.0 Å². The maximum Gasteiger partial charge on any atom is 0.119 e. The van der Waals surface area contributed by atoms with Crippen LogP contribution in [0.1, 0.15) is 37.1 Å². The van der Waals surface area contributed by atoms with Crippen LogP contribution < -0.4 is 4.74 Å². The third kappa shape index (κ3) is 3.89. The van der Waals surface area contributed by atoms with Gasteiger partial charge in [-0.3, -0.25) is 0 Å². The lowest BCUT2D eigenvalue weighted by atomic mass is 10.1. The molecule has 0 radical (unpaired) electrons. The molecule has 0 N–H and O–H groups in total. The Hall–Kier alpha value is -0.730. The molecule has 1 aliphatic heterocycles. The number of benzene rings is 1. The highest BCUT2D eigenvalue weighted by Crippen LogP contribution is 2.25. The van der Waals surface area contributed by atoms with E-state index in [4.69, 9.17) is 16.3 Å². The van der Waals surface area contributed by atoms with Gasteiger partial charge in [0.1, 0.15) is 5.75 Å². The Kier molecular flexibility index (Phi) is 5.33. The number of rotatable bonds is 6. The van der Waals surface area contributed by atoms with Gasteiger partial charge >= 0.3 is 0 Å². The number of likely N-dealkylation sites (tertiary alicyclic amines) is 1. The van der Waals surface area contributed by atoms with Gasteiger partial charge < -0.3 is 9.64 Å².